The van der Waals surface area contributed by atoms with Crippen LogP contribution >= 0.6 is 33.0 Å². The number of nitrogens with one attached hydrogen (secondary N) is 2. The molecule has 0 bridgehead atoms. The predicted octanol–water partition coefficient (Wildman–Crippen LogP) is 10.0. The summed E-state index contributed by atoms with van der Waals surface area (Å²) in [6.45, 7) is 5.86. The monoisotopic (exact) mass is 771 g/mol. The Bertz CT molecular complexity index is 1690. The summed E-state index contributed by atoms with van der Waals surface area (Å²) in [7, 11) is 0. The first-order chi connectivity index (χ1) is 22.2. The fraction of sp³-hybridized carbons (Fsp3) is 0.265. The van der Waals surface area contributed by atoms with Crippen molar-refractivity contribution in [2.24, 2.45) is 5.41 Å². The van der Waals surface area contributed by atoms with E-state index in [0.717, 1.165) is 22.7 Å². The molecular formula is C34H33BrF6N3O2PS. The van der Waals surface area contributed by atoms with Gasteiger partial charge in [-0.3, -0.25) is 0 Å². The second kappa shape index (κ2) is 13.8. The number of alkyl halides is 6. The van der Waals surface area contributed by atoms with Gasteiger partial charge in [-0.05, 0) is 0 Å². The van der Waals surface area contributed by atoms with E-state index in [1.807, 2.05) is 45.0 Å². The van der Waals surface area contributed by atoms with Gasteiger partial charge in [0.2, 0.25) is 0 Å². The first kappa shape index (κ1) is 37.3. The van der Waals surface area contributed by atoms with Gasteiger partial charge in [-0.1, -0.05) is 0 Å². The van der Waals surface area contributed by atoms with Gasteiger partial charge in [-0.25, -0.2) is 0 Å². The van der Waals surface area contributed by atoms with E-state index in [0.29, 0.717) is 5.69 Å². The Hall–Kier alpha value is -3.54. The number of nitro benzene ring substituents is 1. The Kier molecular flexibility index (Phi) is 10.7. The van der Waals surface area contributed by atoms with E-state index >= 15 is 0 Å². The number of hydrogen-bond acceptors (Lipinski definition) is 3. The molecule has 0 saturated heterocycles. The van der Waals surface area contributed by atoms with Crippen LogP contribution in [0.15, 0.2) is 103 Å². The first-order valence-electron chi connectivity index (χ1n) is 14.6. The molecule has 0 amide bonds. The van der Waals surface area contributed by atoms with Gasteiger partial charge in [0.25, 0.3) is 0 Å². The van der Waals surface area contributed by atoms with Gasteiger partial charge in [-0.2, -0.15) is 0 Å². The van der Waals surface area contributed by atoms with E-state index in [2.05, 4.69) is 26.1 Å². The fourth-order valence-corrected chi connectivity index (χ4v) is 14.2. The molecule has 0 aromatic heterocycles. The van der Waals surface area contributed by atoms with Gasteiger partial charge in [-0.15, -0.1) is 0 Å². The molecule has 0 aliphatic carbocycles. The molecule has 0 aliphatic heterocycles. The summed E-state index contributed by atoms with van der Waals surface area (Å²) in [5.74, 6) is 0. The third-order valence-corrected chi connectivity index (χ3v) is 17.5. The van der Waals surface area contributed by atoms with Crippen molar-refractivity contribution in [3.05, 3.63) is 130 Å². The van der Waals surface area contributed by atoms with E-state index < -0.39 is 45.2 Å². The Morgan fingerprint density at radius 2 is 1.27 bits per heavy atom. The Labute approximate surface area is 288 Å². The van der Waals surface area contributed by atoms with E-state index in [4.69, 9.17) is 12.2 Å². The van der Waals surface area contributed by atoms with Crippen LogP contribution in [0.2, 0.25) is 0 Å². The van der Waals surface area contributed by atoms with Crippen molar-refractivity contribution in [2.75, 3.05) is 11.5 Å². The van der Waals surface area contributed by atoms with Crippen LogP contribution in [-0.4, -0.2) is 22.2 Å². The normalized spacial score (nSPS) is 14.0. The van der Waals surface area contributed by atoms with Crippen molar-refractivity contribution in [2.45, 2.75) is 45.3 Å². The summed E-state index contributed by atoms with van der Waals surface area (Å²) in [5, 5.41) is 15.1. The summed E-state index contributed by atoms with van der Waals surface area (Å²) in [6.07, 6.45) is -9.97. The second-order valence-corrected chi connectivity index (χ2v) is 22.6. The molecule has 4 aromatic rings. The van der Waals surface area contributed by atoms with Crippen LogP contribution in [0.5, 0.6) is 0 Å². The zero-order valence-corrected chi connectivity index (χ0v) is 29.4. The molecule has 4 aromatic carbocycles. The van der Waals surface area contributed by atoms with Gasteiger partial charge in [0.05, 0.1) is 0 Å². The van der Waals surface area contributed by atoms with Crippen molar-refractivity contribution in [3.63, 3.8) is 0 Å². The SMILES string of the molecule is CC(C)(C)[C@@H](CP(Br)(Cc1cc(C(F)(F)F)cc(C(F)(F)F)c1)(c1ccccc1)c1ccccc1)NC(=S)Nc1ccc([N+](=O)[O-])cc1. The average Bonchev–Trinajstić information content (AvgIpc) is 3.00. The number of nitrogens with zero attached hydrogens (tertiary/aromatic N) is 1. The first-order valence-corrected chi connectivity index (χ1v) is 19.7. The standard InChI is InChI=1S/C34H33BrF6N3O2PS/c1-32(2,3)30(43-31(48)42-26-14-16-27(17-15-26)44(45)46)22-47(35,28-10-6-4-7-11-28,29-12-8-5-9-13-29)21-23-18-24(33(36,37)38)20-25(19-23)34(39,40)41/h4-20,30H,21-22H2,1-3H3,(H2,42,43,48)/t30-/m1/s1. The molecule has 2 N–H and O–H groups in total. The Morgan fingerprint density at radius 1 is 0.812 bits per heavy atom. The number of thiocarbonyl (C=S) groups is 1. The molecule has 5 nitrogen and oxygen atoms in total. The van der Waals surface area contributed by atoms with E-state index in [9.17, 15) is 36.5 Å². The van der Waals surface area contributed by atoms with Crippen molar-refractivity contribution in [1.29, 1.82) is 0 Å². The molecule has 4 rings (SSSR count). The maximum absolute atomic E-state index is 14.0. The summed E-state index contributed by atoms with van der Waals surface area (Å²) in [6, 6.07) is 25.0. The van der Waals surface area contributed by atoms with Gasteiger partial charge in [0.1, 0.15) is 0 Å². The molecule has 0 aliphatic rings. The number of nitro groups is 1. The molecule has 0 heterocycles. The van der Waals surface area contributed by atoms with Crippen molar-refractivity contribution in [3.8, 4) is 0 Å². The Morgan fingerprint density at radius 3 is 1.67 bits per heavy atom. The van der Waals surface area contributed by atoms with Crippen LogP contribution in [0.3, 0.4) is 0 Å². The van der Waals surface area contributed by atoms with Gasteiger partial charge < -0.3 is 0 Å². The minimum absolute atomic E-state index is 0.0994. The van der Waals surface area contributed by atoms with E-state index in [1.54, 1.807) is 36.4 Å². The quantitative estimate of drug-likeness (QED) is 0.0583. The number of hydrogen-bond donors (Lipinski definition) is 2. The number of anilines is 1. The van der Waals surface area contributed by atoms with Crippen molar-refractivity contribution >= 4 is 60.1 Å². The number of halogens is 7. The zero-order valence-electron chi connectivity index (χ0n) is 26.1. The van der Waals surface area contributed by atoms with Crippen molar-refractivity contribution in [1.82, 2.24) is 5.32 Å². The summed E-state index contributed by atoms with van der Waals surface area (Å²) < 4.78 is 84.2. The molecule has 0 fully saturated rings. The predicted molar refractivity (Wildman–Crippen MR) is 189 cm³/mol. The molecule has 48 heavy (non-hydrogen) atoms. The molecule has 256 valence electrons. The van der Waals surface area contributed by atoms with Gasteiger partial charge in [0, 0.05) is 0 Å². The maximum atomic E-state index is 14.0. The summed E-state index contributed by atoms with van der Waals surface area (Å²) in [5.41, 5.74) is -3.06. The molecule has 0 unspecified atom stereocenters. The van der Waals surface area contributed by atoms with Crippen LogP contribution < -0.4 is 21.2 Å². The second-order valence-electron chi connectivity index (χ2n) is 12.6. The van der Waals surface area contributed by atoms with Crippen molar-refractivity contribution < 1.29 is 31.3 Å². The van der Waals surface area contributed by atoms with Crippen LogP contribution in [0.25, 0.3) is 0 Å². The van der Waals surface area contributed by atoms with E-state index in [1.165, 1.54) is 24.3 Å². The molecule has 14 heteroatoms. The zero-order chi connectivity index (χ0) is 35.6. The summed E-state index contributed by atoms with van der Waals surface area (Å²) >= 11 is 9.83. The molecule has 0 radical (unpaired) electrons. The third-order valence-electron chi connectivity index (χ3n) is 8.11. The molecule has 1 atom stereocenters. The minimum atomic E-state index is -5.01. The van der Waals surface area contributed by atoms with Crippen LogP contribution in [-0.2, 0) is 18.5 Å². The molecular weight excluding hydrogens is 739 g/mol. The van der Waals surface area contributed by atoms with Crippen LogP contribution in [0, 0.1) is 15.5 Å². The van der Waals surface area contributed by atoms with E-state index in [-0.39, 0.29) is 34.8 Å². The van der Waals surface area contributed by atoms with Gasteiger partial charge in [0.15, 0.2) is 0 Å². The number of benzene rings is 4. The molecule has 0 spiro atoms. The number of rotatable bonds is 9. The van der Waals surface area contributed by atoms with Gasteiger partial charge >= 0.3 is 289 Å². The molecule has 0 saturated carbocycles. The third kappa shape index (κ3) is 8.54. The summed E-state index contributed by atoms with van der Waals surface area (Å²) in [4.78, 5) is 10.6. The van der Waals surface area contributed by atoms with Crippen LogP contribution in [0.1, 0.15) is 37.5 Å². The fourth-order valence-electron chi connectivity index (χ4n) is 5.55. The van der Waals surface area contributed by atoms with Crippen LogP contribution in [0.4, 0.5) is 37.7 Å². The average molecular weight is 773 g/mol. The Balaban J connectivity index is 1.90. The topological polar surface area (TPSA) is 67.2 Å². The number of non-ortho nitro benzene ring substituents is 1.